The van der Waals surface area contributed by atoms with Gasteiger partial charge in [0.15, 0.2) is 0 Å². The number of aromatic nitrogens is 2. The van der Waals surface area contributed by atoms with E-state index in [1.807, 2.05) is 37.5 Å². The van der Waals surface area contributed by atoms with E-state index in [2.05, 4.69) is 10.4 Å². The standard InChI is InChI=1S/C23H32N4O2/c1-16-21(17(2)27(4)25-16)14-15-22(28)24-19-12-10-18(11-13-19)23(29)26(3)20-8-6-5-7-9-20/h10-13,20H,5-9,14-15H2,1-4H3,(H,24,28). The summed E-state index contributed by atoms with van der Waals surface area (Å²) in [5.74, 6) is 0.0170. The van der Waals surface area contributed by atoms with Gasteiger partial charge in [-0.15, -0.1) is 0 Å². The van der Waals surface area contributed by atoms with Crippen LogP contribution < -0.4 is 5.32 Å². The van der Waals surface area contributed by atoms with Gasteiger partial charge in [0, 0.05) is 43.5 Å². The maximum absolute atomic E-state index is 12.7. The molecule has 0 radical (unpaired) electrons. The zero-order valence-electron chi connectivity index (χ0n) is 18.0. The molecule has 2 aromatic rings. The van der Waals surface area contributed by atoms with Crippen molar-refractivity contribution < 1.29 is 9.59 Å². The Kier molecular flexibility index (Phi) is 6.72. The highest BCUT2D eigenvalue weighted by Gasteiger charge is 2.23. The van der Waals surface area contributed by atoms with Crippen LogP contribution in [0.4, 0.5) is 5.69 Å². The average molecular weight is 397 g/mol. The molecular weight excluding hydrogens is 364 g/mol. The first-order chi connectivity index (χ1) is 13.9. The zero-order chi connectivity index (χ0) is 21.0. The minimum Gasteiger partial charge on any atom is -0.339 e. The van der Waals surface area contributed by atoms with Crippen molar-refractivity contribution in [2.45, 2.75) is 64.8 Å². The van der Waals surface area contributed by atoms with Crippen molar-refractivity contribution in [3.05, 3.63) is 46.8 Å². The fraction of sp³-hybridized carbons (Fsp3) is 0.522. The molecule has 6 heteroatoms. The predicted molar refractivity (Wildman–Crippen MR) is 115 cm³/mol. The Hall–Kier alpha value is -2.63. The van der Waals surface area contributed by atoms with Crippen molar-refractivity contribution in [2.75, 3.05) is 12.4 Å². The van der Waals surface area contributed by atoms with Gasteiger partial charge in [-0.3, -0.25) is 14.3 Å². The van der Waals surface area contributed by atoms with Crippen molar-refractivity contribution in [3.63, 3.8) is 0 Å². The summed E-state index contributed by atoms with van der Waals surface area (Å²) in [6.07, 6.45) is 6.92. The van der Waals surface area contributed by atoms with Gasteiger partial charge in [-0.05, 0) is 62.9 Å². The number of carbonyl (C=O) groups excluding carboxylic acids is 2. The van der Waals surface area contributed by atoms with E-state index in [1.165, 1.54) is 19.3 Å². The third-order valence-corrected chi connectivity index (χ3v) is 6.12. The number of amides is 2. The number of nitrogens with one attached hydrogen (secondary N) is 1. The maximum atomic E-state index is 12.7. The van der Waals surface area contributed by atoms with Gasteiger partial charge >= 0.3 is 0 Å². The van der Waals surface area contributed by atoms with Gasteiger partial charge < -0.3 is 10.2 Å². The fourth-order valence-electron chi connectivity index (χ4n) is 4.18. The number of rotatable bonds is 6. The summed E-state index contributed by atoms with van der Waals surface area (Å²) in [5, 5.41) is 7.32. The number of benzene rings is 1. The SMILES string of the molecule is Cc1nn(C)c(C)c1CCC(=O)Nc1ccc(C(=O)N(C)C2CCCCC2)cc1. The van der Waals surface area contributed by atoms with Crippen LogP contribution in [0.25, 0.3) is 0 Å². The Morgan fingerprint density at radius 1 is 1.14 bits per heavy atom. The maximum Gasteiger partial charge on any atom is 0.253 e. The van der Waals surface area contributed by atoms with Crippen LogP contribution in [-0.2, 0) is 18.3 Å². The normalized spacial score (nSPS) is 14.6. The molecule has 1 heterocycles. The molecule has 0 spiro atoms. The summed E-state index contributed by atoms with van der Waals surface area (Å²) in [6.45, 7) is 3.99. The van der Waals surface area contributed by atoms with Gasteiger partial charge in [-0.2, -0.15) is 5.10 Å². The number of hydrogen-bond acceptors (Lipinski definition) is 3. The second-order valence-corrected chi connectivity index (χ2v) is 8.11. The van der Waals surface area contributed by atoms with E-state index in [0.29, 0.717) is 30.1 Å². The summed E-state index contributed by atoms with van der Waals surface area (Å²) in [4.78, 5) is 26.9. The molecule has 3 rings (SSSR count). The molecule has 1 aliphatic rings. The third-order valence-electron chi connectivity index (χ3n) is 6.12. The molecule has 156 valence electrons. The van der Waals surface area contributed by atoms with Gasteiger partial charge in [-0.25, -0.2) is 0 Å². The van der Waals surface area contributed by atoms with Crippen molar-refractivity contribution in [2.24, 2.45) is 7.05 Å². The van der Waals surface area contributed by atoms with Crippen LogP contribution in [0.15, 0.2) is 24.3 Å². The number of carbonyl (C=O) groups is 2. The van der Waals surface area contributed by atoms with E-state index in [9.17, 15) is 9.59 Å². The molecule has 1 aromatic heterocycles. The molecule has 6 nitrogen and oxygen atoms in total. The van der Waals surface area contributed by atoms with E-state index < -0.39 is 0 Å². The fourth-order valence-corrected chi connectivity index (χ4v) is 4.18. The van der Waals surface area contributed by atoms with E-state index >= 15 is 0 Å². The molecule has 0 aliphatic heterocycles. The lowest BCUT2D eigenvalue weighted by molar-refractivity contribution is -0.116. The highest BCUT2D eigenvalue weighted by molar-refractivity contribution is 5.96. The number of hydrogen-bond donors (Lipinski definition) is 1. The summed E-state index contributed by atoms with van der Waals surface area (Å²) < 4.78 is 1.85. The van der Waals surface area contributed by atoms with Gasteiger partial charge in [0.2, 0.25) is 5.91 Å². The van der Waals surface area contributed by atoms with Crippen LogP contribution in [-0.4, -0.2) is 39.6 Å². The van der Waals surface area contributed by atoms with Crippen molar-refractivity contribution in [1.29, 1.82) is 0 Å². The molecule has 1 aromatic carbocycles. The molecule has 0 bridgehead atoms. The molecule has 1 saturated carbocycles. The molecule has 0 unspecified atom stereocenters. The lowest BCUT2D eigenvalue weighted by Crippen LogP contribution is -2.38. The zero-order valence-corrected chi connectivity index (χ0v) is 18.0. The number of aryl methyl sites for hydroxylation is 2. The third kappa shape index (κ3) is 5.05. The van der Waals surface area contributed by atoms with Crippen molar-refractivity contribution >= 4 is 17.5 Å². The first-order valence-corrected chi connectivity index (χ1v) is 10.5. The van der Waals surface area contributed by atoms with Gasteiger partial charge in [0.1, 0.15) is 0 Å². The highest BCUT2D eigenvalue weighted by Crippen LogP contribution is 2.23. The van der Waals surface area contributed by atoms with Crippen LogP contribution >= 0.6 is 0 Å². The summed E-state index contributed by atoms with van der Waals surface area (Å²) in [6, 6.07) is 7.55. The summed E-state index contributed by atoms with van der Waals surface area (Å²) in [5.41, 5.74) is 4.58. The molecule has 0 atom stereocenters. The van der Waals surface area contributed by atoms with E-state index in [1.54, 1.807) is 24.3 Å². The van der Waals surface area contributed by atoms with Crippen LogP contribution in [0, 0.1) is 13.8 Å². The van der Waals surface area contributed by atoms with E-state index in [-0.39, 0.29) is 11.8 Å². The molecule has 2 amide bonds. The molecule has 1 fully saturated rings. The van der Waals surface area contributed by atoms with Gasteiger partial charge in [0.25, 0.3) is 5.91 Å². The lowest BCUT2D eigenvalue weighted by Gasteiger charge is -2.31. The second-order valence-electron chi connectivity index (χ2n) is 8.11. The summed E-state index contributed by atoms with van der Waals surface area (Å²) in [7, 11) is 3.82. The van der Waals surface area contributed by atoms with Gasteiger partial charge in [0.05, 0.1) is 5.69 Å². The van der Waals surface area contributed by atoms with Crippen molar-refractivity contribution in [1.82, 2.24) is 14.7 Å². The van der Waals surface area contributed by atoms with E-state index in [4.69, 9.17) is 0 Å². The largest absolute Gasteiger partial charge is 0.339 e. The first kappa shape index (κ1) is 21.1. The number of anilines is 1. The predicted octanol–water partition coefficient (Wildman–Crippen LogP) is 4.01. The lowest BCUT2D eigenvalue weighted by atomic mass is 9.94. The minimum absolute atomic E-state index is 0.0361. The Morgan fingerprint density at radius 3 is 2.38 bits per heavy atom. The second kappa shape index (κ2) is 9.25. The highest BCUT2D eigenvalue weighted by atomic mass is 16.2. The van der Waals surface area contributed by atoms with Crippen LogP contribution in [0.5, 0.6) is 0 Å². The Morgan fingerprint density at radius 2 is 1.79 bits per heavy atom. The topological polar surface area (TPSA) is 67.2 Å². The molecule has 1 N–H and O–H groups in total. The van der Waals surface area contributed by atoms with Crippen LogP contribution in [0.1, 0.15) is 65.8 Å². The smallest absolute Gasteiger partial charge is 0.253 e. The Bertz CT molecular complexity index is 864. The molecule has 1 aliphatic carbocycles. The molecular formula is C23H32N4O2. The summed E-state index contributed by atoms with van der Waals surface area (Å²) >= 11 is 0. The number of nitrogens with zero attached hydrogens (tertiary/aromatic N) is 3. The first-order valence-electron chi connectivity index (χ1n) is 10.5. The Labute approximate surface area is 173 Å². The van der Waals surface area contributed by atoms with Crippen molar-refractivity contribution in [3.8, 4) is 0 Å². The Balaban J connectivity index is 1.54. The average Bonchev–Trinajstić information content (AvgIpc) is 2.97. The molecule has 29 heavy (non-hydrogen) atoms. The van der Waals surface area contributed by atoms with Crippen LogP contribution in [0.3, 0.4) is 0 Å². The monoisotopic (exact) mass is 396 g/mol. The quantitative estimate of drug-likeness (QED) is 0.802. The minimum atomic E-state index is -0.0361. The van der Waals surface area contributed by atoms with E-state index in [0.717, 1.165) is 29.8 Å². The van der Waals surface area contributed by atoms with Gasteiger partial charge in [-0.1, -0.05) is 19.3 Å². The molecule has 0 saturated heterocycles. The van der Waals surface area contributed by atoms with Crippen LogP contribution in [0.2, 0.25) is 0 Å².